The molecule has 0 aromatic carbocycles. The molecule has 0 amide bonds. The predicted molar refractivity (Wildman–Crippen MR) is 376 cm³/mol. The van der Waals surface area contributed by atoms with Crippen molar-refractivity contribution in [3.8, 4) is 0 Å². The van der Waals surface area contributed by atoms with Crippen LogP contribution in [-0.4, -0.2) is 382 Å². The van der Waals surface area contributed by atoms with Crippen LogP contribution in [0, 0.1) is 0 Å². The van der Waals surface area contributed by atoms with Crippen molar-refractivity contribution in [1.29, 1.82) is 0 Å². The molecule has 100 heavy (non-hydrogen) atoms. The van der Waals surface area contributed by atoms with Crippen molar-refractivity contribution >= 4 is 0 Å². The van der Waals surface area contributed by atoms with Crippen LogP contribution in [0.3, 0.4) is 0 Å². The summed E-state index contributed by atoms with van der Waals surface area (Å²) in [4.78, 5) is 0. The van der Waals surface area contributed by atoms with Crippen molar-refractivity contribution in [3.05, 3.63) is 0 Å². The van der Waals surface area contributed by atoms with Gasteiger partial charge in [0, 0.05) is 6.61 Å². The van der Waals surface area contributed by atoms with E-state index in [2.05, 4.69) is 6.92 Å². The van der Waals surface area contributed by atoms with Crippen LogP contribution < -0.4 is 0 Å². The molecule has 0 atom stereocenters. The monoisotopic (exact) mass is 1460 g/mol. The SMILES string of the molecule is CCCCCCCCCCCCCCCOCCOCCOCCOCCOCCOCCOCCOCCOCCOCCOCCOCCOCCOCCOCCOCCOCCOCCOCCOCCOCCOCCOCCOCCOCCOCCOCCOCCO. The van der Waals surface area contributed by atoms with Gasteiger partial charge in [-0.15, -0.1) is 0 Å². The summed E-state index contributed by atoms with van der Waals surface area (Å²) in [5, 5.41) is 8.62. The zero-order chi connectivity index (χ0) is 71.3. The van der Waals surface area contributed by atoms with Crippen LogP contribution in [0.25, 0.3) is 0 Å². The van der Waals surface area contributed by atoms with Gasteiger partial charge in [-0.3, -0.25) is 0 Å². The average molecular weight is 1460 g/mol. The molecule has 1 N–H and O–H groups in total. The topological polar surface area (TPSA) is 279 Å². The third-order valence-electron chi connectivity index (χ3n) is 13.7. The maximum atomic E-state index is 8.62. The van der Waals surface area contributed by atoms with E-state index in [1.165, 1.54) is 77.0 Å². The number of hydrogen-bond donors (Lipinski definition) is 1. The molecule has 0 saturated heterocycles. The highest BCUT2D eigenvalue weighted by Gasteiger charge is 2.03. The van der Waals surface area contributed by atoms with Gasteiger partial charge >= 0.3 is 0 Å². The Balaban J connectivity index is 3.09. The number of aliphatic hydroxyl groups is 1. The van der Waals surface area contributed by atoms with E-state index in [0.29, 0.717) is 363 Å². The van der Waals surface area contributed by atoms with Crippen molar-refractivity contribution < 1.29 is 138 Å². The third-order valence-corrected chi connectivity index (χ3v) is 13.7. The molecule has 0 aliphatic carbocycles. The molecule has 0 saturated carbocycles. The predicted octanol–water partition coefficient (Wildman–Crippen LogP) is 5.53. The lowest BCUT2D eigenvalue weighted by Gasteiger charge is -2.09. The van der Waals surface area contributed by atoms with Gasteiger partial charge in [0.1, 0.15) is 0 Å². The van der Waals surface area contributed by atoms with Gasteiger partial charge < -0.3 is 138 Å². The van der Waals surface area contributed by atoms with Gasteiger partial charge in [0.2, 0.25) is 0 Å². The van der Waals surface area contributed by atoms with Crippen molar-refractivity contribution in [2.45, 2.75) is 90.4 Å². The van der Waals surface area contributed by atoms with Gasteiger partial charge in [0.25, 0.3) is 0 Å². The number of rotatable bonds is 97. The normalized spacial score (nSPS) is 11.8. The molecule has 29 nitrogen and oxygen atoms in total. The summed E-state index contributed by atoms with van der Waals surface area (Å²) in [6.07, 6.45) is 17.7. The van der Waals surface area contributed by atoms with Crippen LogP contribution in [0.2, 0.25) is 0 Å². The van der Waals surface area contributed by atoms with E-state index in [4.69, 9.17) is 138 Å². The first-order valence-electron chi connectivity index (χ1n) is 37.7. The molecule has 602 valence electrons. The molecule has 0 aliphatic heterocycles. The number of ether oxygens (including phenoxy) is 28. The molecule has 0 aromatic rings. The second-order valence-electron chi connectivity index (χ2n) is 22.1. The van der Waals surface area contributed by atoms with Crippen LogP contribution in [0.4, 0.5) is 0 Å². The van der Waals surface area contributed by atoms with Crippen LogP contribution in [0.5, 0.6) is 0 Å². The number of aliphatic hydroxyl groups excluding tert-OH is 1. The van der Waals surface area contributed by atoms with E-state index >= 15 is 0 Å². The molecule has 0 bridgehead atoms. The molecule has 0 rings (SSSR count). The Kier molecular flexibility index (Phi) is 96.7. The summed E-state index contributed by atoms with van der Waals surface area (Å²) < 4.78 is 154. The highest BCUT2D eigenvalue weighted by Crippen LogP contribution is 2.12. The average Bonchev–Trinajstić information content (AvgIpc) is 3.66. The fraction of sp³-hybridized carbons (Fsp3) is 1.00. The van der Waals surface area contributed by atoms with Crippen LogP contribution in [0.1, 0.15) is 90.4 Å². The quantitative estimate of drug-likeness (QED) is 0.0732. The van der Waals surface area contributed by atoms with E-state index in [1.807, 2.05) is 0 Å². The van der Waals surface area contributed by atoms with Gasteiger partial charge in [0.05, 0.1) is 370 Å². The smallest absolute Gasteiger partial charge is 0.0701 e. The Bertz CT molecular complexity index is 1290. The standard InChI is InChI=1S/C71H144O29/c1-2-3-4-5-6-7-8-9-10-11-12-13-14-16-73-18-20-75-22-24-77-26-28-79-30-32-81-34-36-83-38-40-85-42-44-87-46-48-89-50-52-91-54-56-93-58-60-95-62-64-97-66-68-99-70-71-100-69-67-98-65-63-96-61-59-94-57-55-92-53-51-90-49-47-88-45-43-86-41-39-84-37-35-82-33-31-80-29-27-78-25-23-76-21-19-74-17-15-72/h72H,2-71H2,1H3. The van der Waals surface area contributed by atoms with Gasteiger partial charge in [-0.1, -0.05) is 84.0 Å². The van der Waals surface area contributed by atoms with Gasteiger partial charge in [-0.25, -0.2) is 0 Å². The lowest BCUT2D eigenvalue weighted by Crippen LogP contribution is -2.16. The molecule has 0 heterocycles. The minimum atomic E-state index is 0.0172. The molecule has 29 heteroatoms. The van der Waals surface area contributed by atoms with Crippen LogP contribution in [-0.2, 0) is 133 Å². The molecule has 0 fully saturated rings. The maximum Gasteiger partial charge on any atom is 0.0701 e. The van der Waals surface area contributed by atoms with Crippen LogP contribution in [0.15, 0.2) is 0 Å². The number of hydrogen-bond acceptors (Lipinski definition) is 29. The summed E-state index contributed by atoms with van der Waals surface area (Å²) in [7, 11) is 0. The van der Waals surface area contributed by atoms with Crippen molar-refractivity contribution in [3.63, 3.8) is 0 Å². The summed E-state index contributed by atoms with van der Waals surface area (Å²) in [5.41, 5.74) is 0. The van der Waals surface area contributed by atoms with E-state index < -0.39 is 0 Å². The minimum Gasteiger partial charge on any atom is -0.394 e. The van der Waals surface area contributed by atoms with E-state index in [-0.39, 0.29) is 6.61 Å². The van der Waals surface area contributed by atoms with Gasteiger partial charge in [0.15, 0.2) is 0 Å². The summed E-state index contributed by atoms with van der Waals surface area (Å²) in [5.74, 6) is 0. The Morgan fingerprint density at radius 2 is 0.200 bits per heavy atom. The molecule has 0 spiro atoms. The largest absolute Gasteiger partial charge is 0.394 e. The highest BCUT2D eigenvalue weighted by molar-refractivity contribution is 4.50. The lowest BCUT2D eigenvalue weighted by atomic mass is 10.0. The Morgan fingerprint density at radius 3 is 0.310 bits per heavy atom. The summed E-state index contributed by atoms with van der Waals surface area (Å²) in [6, 6.07) is 0. The fourth-order valence-electron chi connectivity index (χ4n) is 8.33. The first-order chi connectivity index (χ1) is 49.9. The Labute approximate surface area is 602 Å². The first kappa shape index (κ1) is 98.8. The highest BCUT2D eigenvalue weighted by atomic mass is 16.6. The Morgan fingerprint density at radius 1 is 0.110 bits per heavy atom. The van der Waals surface area contributed by atoms with Crippen molar-refractivity contribution in [2.75, 3.05) is 377 Å². The zero-order valence-corrected chi connectivity index (χ0v) is 62.4. The zero-order valence-electron chi connectivity index (χ0n) is 62.4. The molecular weight excluding hydrogens is 1320 g/mol. The molecule has 0 aliphatic rings. The number of unbranched alkanes of at least 4 members (excludes halogenated alkanes) is 12. The third kappa shape index (κ3) is 96.8. The van der Waals surface area contributed by atoms with Gasteiger partial charge in [-0.2, -0.15) is 0 Å². The molecule has 0 aromatic heterocycles. The Hall–Kier alpha value is -1.16. The molecular formula is C71H144O29. The second kappa shape index (κ2) is 97.8. The van der Waals surface area contributed by atoms with Crippen LogP contribution >= 0.6 is 0 Å². The minimum absolute atomic E-state index is 0.0172. The lowest BCUT2D eigenvalue weighted by molar-refractivity contribution is -0.0323. The van der Waals surface area contributed by atoms with E-state index in [0.717, 1.165) is 13.0 Å². The second-order valence-corrected chi connectivity index (χ2v) is 22.1. The van der Waals surface area contributed by atoms with Gasteiger partial charge in [-0.05, 0) is 6.42 Å². The molecule has 0 unspecified atom stereocenters. The van der Waals surface area contributed by atoms with E-state index in [9.17, 15) is 0 Å². The maximum absolute atomic E-state index is 8.62. The van der Waals surface area contributed by atoms with Crippen molar-refractivity contribution in [2.24, 2.45) is 0 Å². The summed E-state index contributed by atoms with van der Waals surface area (Å²) in [6.45, 7) is 30.3. The summed E-state index contributed by atoms with van der Waals surface area (Å²) >= 11 is 0. The van der Waals surface area contributed by atoms with E-state index in [1.54, 1.807) is 0 Å². The first-order valence-corrected chi connectivity index (χ1v) is 37.7. The van der Waals surface area contributed by atoms with Crippen molar-refractivity contribution in [1.82, 2.24) is 0 Å². The molecule has 0 radical (unpaired) electrons. The fourth-order valence-corrected chi connectivity index (χ4v) is 8.33.